The quantitative estimate of drug-likeness (QED) is 0.725. The van der Waals surface area contributed by atoms with Crippen molar-refractivity contribution in [3.05, 3.63) is 28.8 Å². The largest absolute Gasteiger partial charge is 0.491 e. The maximum atomic E-state index is 12.3. The van der Waals surface area contributed by atoms with Gasteiger partial charge in [-0.05, 0) is 56.4 Å². The summed E-state index contributed by atoms with van der Waals surface area (Å²) in [6.07, 6.45) is 0.731. The standard InChI is InChI=1S/C18H26O4/c1-11(2)14-10-15(16(19)7-6-8-18(20)21)13(5)9-17(14)22-12(3)4/h9-12H,6-8H2,1-5H3,(H,20,21). The van der Waals surface area contributed by atoms with Crippen LogP contribution in [-0.2, 0) is 4.79 Å². The van der Waals surface area contributed by atoms with Crippen LogP contribution in [0.3, 0.4) is 0 Å². The van der Waals surface area contributed by atoms with E-state index in [1.807, 2.05) is 32.9 Å². The smallest absolute Gasteiger partial charge is 0.303 e. The Morgan fingerprint density at radius 3 is 2.27 bits per heavy atom. The molecule has 0 bridgehead atoms. The van der Waals surface area contributed by atoms with E-state index in [2.05, 4.69) is 13.8 Å². The van der Waals surface area contributed by atoms with E-state index in [0.29, 0.717) is 12.0 Å². The van der Waals surface area contributed by atoms with Crippen molar-refractivity contribution in [2.45, 2.75) is 65.9 Å². The maximum Gasteiger partial charge on any atom is 0.303 e. The van der Waals surface area contributed by atoms with Crippen molar-refractivity contribution in [1.29, 1.82) is 0 Å². The number of aryl methyl sites for hydroxylation is 1. The number of carboxylic acids is 1. The fraction of sp³-hybridized carbons (Fsp3) is 0.556. The van der Waals surface area contributed by atoms with Crippen molar-refractivity contribution < 1.29 is 19.4 Å². The molecule has 4 heteroatoms. The summed E-state index contributed by atoms with van der Waals surface area (Å²) in [6.45, 7) is 9.98. The number of carboxylic acid groups (broad SMARTS) is 1. The molecule has 0 fully saturated rings. The fourth-order valence-electron chi connectivity index (χ4n) is 2.34. The van der Waals surface area contributed by atoms with Gasteiger partial charge >= 0.3 is 5.97 Å². The molecular formula is C18H26O4. The van der Waals surface area contributed by atoms with Gasteiger partial charge in [-0.15, -0.1) is 0 Å². The first-order chi connectivity index (χ1) is 10.2. The van der Waals surface area contributed by atoms with Crippen molar-refractivity contribution >= 4 is 11.8 Å². The maximum absolute atomic E-state index is 12.3. The number of hydrogen-bond acceptors (Lipinski definition) is 3. The van der Waals surface area contributed by atoms with E-state index >= 15 is 0 Å². The van der Waals surface area contributed by atoms with Crippen LogP contribution in [-0.4, -0.2) is 23.0 Å². The van der Waals surface area contributed by atoms with Crippen LogP contribution in [0.2, 0.25) is 0 Å². The Morgan fingerprint density at radius 2 is 1.77 bits per heavy atom. The van der Waals surface area contributed by atoms with Crippen LogP contribution in [0.25, 0.3) is 0 Å². The van der Waals surface area contributed by atoms with Gasteiger partial charge in [0.2, 0.25) is 0 Å². The Labute approximate surface area is 132 Å². The van der Waals surface area contributed by atoms with Crippen LogP contribution in [0.15, 0.2) is 12.1 Å². The highest BCUT2D eigenvalue weighted by atomic mass is 16.5. The molecule has 0 radical (unpaired) electrons. The highest BCUT2D eigenvalue weighted by molar-refractivity contribution is 5.98. The van der Waals surface area contributed by atoms with E-state index in [1.54, 1.807) is 0 Å². The third-order valence-corrected chi connectivity index (χ3v) is 3.44. The van der Waals surface area contributed by atoms with E-state index in [-0.39, 0.29) is 30.6 Å². The fourth-order valence-corrected chi connectivity index (χ4v) is 2.34. The van der Waals surface area contributed by atoms with Crippen molar-refractivity contribution in [2.75, 3.05) is 0 Å². The lowest BCUT2D eigenvalue weighted by Gasteiger charge is -2.19. The first-order valence-electron chi connectivity index (χ1n) is 7.78. The number of benzene rings is 1. The molecule has 0 spiro atoms. The zero-order valence-electron chi connectivity index (χ0n) is 14.1. The van der Waals surface area contributed by atoms with Gasteiger partial charge in [-0.2, -0.15) is 0 Å². The lowest BCUT2D eigenvalue weighted by Crippen LogP contribution is -2.11. The van der Waals surface area contributed by atoms with Gasteiger partial charge in [0.1, 0.15) is 5.75 Å². The number of carbonyl (C=O) groups excluding carboxylic acids is 1. The van der Waals surface area contributed by atoms with Crippen LogP contribution < -0.4 is 4.74 Å². The van der Waals surface area contributed by atoms with Crippen LogP contribution in [0, 0.1) is 6.92 Å². The third-order valence-electron chi connectivity index (χ3n) is 3.44. The normalized spacial score (nSPS) is 11.0. The second kappa shape index (κ2) is 7.97. The zero-order valence-corrected chi connectivity index (χ0v) is 14.1. The predicted molar refractivity (Wildman–Crippen MR) is 86.8 cm³/mol. The van der Waals surface area contributed by atoms with Crippen molar-refractivity contribution in [3.8, 4) is 5.75 Å². The predicted octanol–water partition coefficient (Wildman–Crippen LogP) is 4.34. The zero-order chi connectivity index (χ0) is 16.9. The summed E-state index contributed by atoms with van der Waals surface area (Å²) in [5.41, 5.74) is 2.56. The minimum Gasteiger partial charge on any atom is -0.491 e. The molecule has 0 aliphatic heterocycles. The van der Waals surface area contributed by atoms with E-state index in [1.165, 1.54) is 0 Å². The van der Waals surface area contributed by atoms with Gasteiger partial charge in [-0.1, -0.05) is 13.8 Å². The topological polar surface area (TPSA) is 63.6 Å². The Balaban J connectivity index is 3.03. The van der Waals surface area contributed by atoms with Crippen LogP contribution >= 0.6 is 0 Å². The summed E-state index contributed by atoms with van der Waals surface area (Å²) in [7, 11) is 0. The SMILES string of the molecule is Cc1cc(OC(C)C)c(C(C)C)cc1C(=O)CCCC(=O)O. The molecule has 1 N–H and O–H groups in total. The van der Waals surface area contributed by atoms with Crippen LogP contribution in [0.5, 0.6) is 5.75 Å². The molecule has 0 unspecified atom stereocenters. The Bertz CT molecular complexity index is 544. The second-order valence-corrected chi connectivity index (χ2v) is 6.20. The van der Waals surface area contributed by atoms with Gasteiger partial charge in [0.25, 0.3) is 0 Å². The molecule has 0 aliphatic rings. The summed E-state index contributed by atoms with van der Waals surface area (Å²) in [6, 6.07) is 3.82. The third kappa shape index (κ3) is 5.17. The molecule has 22 heavy (non-hydrogen) atoms. The molecular weight excluding hydrogens is 280 g/mol. The Hall–Kier alpha value is -1.84. The minimum absolute atomic E-state index is 0.00301. The molecule has 1 rings (SSSR count). The van der Waals surface area contributed by atoms with Crippen LogP contribution in [0.4, 0.5) is 0 Å². The van der Waals surface area contributed by atoms with E-state index in [4.69, 9.17) is 9.84 Å². The van der Waals surface area contributed by atoms with Crippen LogP contribution in [0.1, 0.15) is 74.4 Å². The molecule has 0 heterocycles. The summed E-state index contributed by atoms with van der Waals surface area (Å²) in [4.78, 5) is 22.9. The molecule has 0 atom stereocenters. The molecule has 1 aromatic carbocycles. The number of ketones is 1. The monoisotopic (exact) mass is 306 g/mol. The van der Waals surface area contributed by atoms with E-state index in [9.17, 15) is 9.59 Å². The van der Waals surface area contributed by atoms with Gasteiger partial charge in [-0.3, -0.25) is 9.59 Å². The second-order valence-electron chi connectivity index (χ2n) is 6.20. The number of hydrogen-bond donors (Lipinski definition) is 1. The van der Waals surface area contributed by atoms with Crippen molar-refractivity contribution in [2.24, 2.45) is 0 Å². The average molecular weight is 306 g/mol. The minimum atomic E-state index is -0.868. The molecule has 122 valence electrons. The molecule has 1 aromatic rings. The number of carbonyl (C=O) groups is 2. The van der Waals surface area contributed by atoms with Gasteiger partial charge in [0.05, 0.1) is 6.10 Å². The van der Waals surface area contributed by atoms with Crippen molar-refractivity contribution in [3.63, 3.8) is 0 Å². The lowest BCUT2D eigenvalue weighted by molar-refractivity contribution is -0.137. The average Bonchev–Trinajstić information content (AvgIpc) is 2.36. The molecule has 4 nitrogen and oxygen atoms in total. The molecule has 0 saturated carbocycles. The Morgan fingerprint density at radius 1 is 1.14 bits per heavy atom. The molecule has 0 aliphatic carbocycles. The van der Waals surface area contributed by atoms with E-state index < -0.39 is 5.97 Å². The summed E-state index contributed by atoms with van der Waals surface area (Å²) in [5, 5.41) is 8.66. The lowest BCUT2D eigenvalue weighted by atomic mass is 9.93. The van der Waals surface area contributed by atoms with Crippen molar-refractivity contribution in [1.82, 2.24) is 0 Å². The first kappa shape index (κ1) is 18.2. The molecule has 0 saturated heterocycles. The number of ether oxygens (including phenoxy) is 1. The number of aliphatic carboxylic acids is 1. The number of Topliss-reactive ketones (excluding diaryl/α,β-unsaturated/α-hetero) is 1. The number of rotatable bonds is 8. The van der Waals surface area contributed by atoms with Gasteiger partial charge < -0.3 is 9.84 Å². The summed E-state index contributed by atoms with van der Waals surface area (Å²) in [5.74, 6) is 0.203. The highest BCUT2D eigenvalue weighted by Gasteiger charge is 2.17. The molecule has 0 aromatic heterocycles. The molecule has 0 amide bonds. The van der Waals surface area contributed by atoms with E-state index in [0.717, 1.165) is 16.9 Å². The van der Waals surface area contributed by atoms with Gasteiger partial charge in [0.15, 0.2) is 5.78 Å². The first-order valence-corrected chi connectivity index (χ1v) is 7.78. The summed E-state index contributed by atoms with van der Waals surface area (Å²) >= 11 is 0. The van der Waals surface area contributed by atoms with Gasteiger partial charge in [-0.25, -0.2) is 0 Å². The Kier molecular flexibility index (Phi) is 6.60. The van der Waals surface area contributed by atoms with Gasteiger partial charge in [0, 0.05) is 18.4 Å². The highest BCUT2D eigenvalue weighted by Crippen LogP contribution is 2.31. The summed E-state index contributed by atoms with van der Waals surface area (Å²) < 4.78 is 5.85.